The Balaban J connectivity index is 1.26. The van der Waals surface area contributed by atoms with Crippen LogP contribution >= 0.6 is 0 Å². The van der Waals surface area contributed by atoms with Crippen LogP contribution in [-0.4, -0.2) is 50.1 Å². The number of carbonyl (C=O) groups excluding carboxylic acids is 3. The summed E-state index contributed by atoms with van der Waals surface area (Å²) >= 11 is 0. The molecule has 0 aromatic heterocycles. The third-order valence-corrected chi connectivity index (χ3v) is 7.91. The van der Waals surface area contributed by atoms with Gasteiger partial charge >= 0.3 is 5.97 Å². The topological polar surface area (TPSA) is 119 Å². The van der Waals surface area contributed by atoms with Gasteiger partial charge in [-0.2, -0.15) is 4.31 Å². The van der Waals surface area contributed by atoms with E-state index in [9.17, 15) is 22.8 Å². The van der Waals surface area contributed by atoms with Crippen LogP contribution in [0.5, 0.6) is 5.75 Å². The standard InChI is InChI=1S/C26H22N2O7S/c29-23(18-8-9-24-22(13-18)27-25(30)16-34-24)15-35-26(31)19-6-3-7-21(12-19)36(32,33)28-11-10-17-4-1-2-5-20(17)14-28/h1-9,12-13H,10-11,14-16H2,(H,27,30). The van der Waals surface area contributed by atoms with Crippen LogP contribution in [0.4, 0.5) is 5.69 Å². The summed E-state index contributed by atoms with van der Waals surface area (Å²) in [4.78, 5) is 36.6. The first-order chi connectivity index (χ1) is 17.3. The van der Waals surface area contributed by atoms with Gasteiger partial charge in [0, 0.05) is 18.7 Å². The van der Waals surface area contributed by atoms with Gasteiger partial charge < -0.3 is 14.8 Å². The molecule has 5 rings (SSSR count). The lowest BCUT2D eigenvalue weighted by molar-refractivity contribution is -0.118. The van der Waals surface area contributed by atoms with Crippen LogP contribution in [0, 0.1) is 0 Å². The lowest BCUT2D eigenvalue weighted by atomic mass is 10.0. The summed E-state index contributed by atoms with van der Waals surface area (Å²) in [5.74, 6) is -1.19. The Morgan fingerprint density at radius 1 is 0.972 bits per heavy atom. The van der Waals surface area contributed by atoms with E-state index in [4.69, 9.17) is 9.47 Å². The maximum Gasteiger partial charge on any atom is 0.338 e. The third-order valence-electron chi connectivity index (χ3n) is 6.07. The van der Waals surface area contributed by atoms with Gasteiger partial charge in [-0.25, -0.2) is 13.2 Å². The maximum absolute atomic E-state index is 13.2. The number of nitrogens with one attached hydrogen (secondary N) is 1. The van der Waals surface area contributed by atoms with E-state index in [1.165, 1.54) is 40.7 Å². The van der Waals surface area contributed by atoms with Gasteiger partial charge in [-0.15, -0.1) is 0 Å². The fraction of sp³-hybridized carbons (Fsp3) is 0.192. The molecule has 2 aliphatic rings. The molecule has 0 unspecified atom stereocenters. The Hall–Kier alpha value is -4.02. The predicted octanol–water partition coefficient (Wildman–Crippen LogP) is 2.80. The number of carbonyl (C=O) groups is 3. The molecule has 184 valence electrons. The van der Waals surface area contributed by atoms with Crippen molar-refractivity contribution in [2.75, 3.05) is 25.1 Å². The van der Waals surface area contributed by atoms with Crippen LogP contribution < -0.4 is 10.1 Å². The number of nitrogens with zero attached hydrogens (tertiary/aromatic N) is 1. The number of esters is 1. The zero-order valence-corrected chi connectivity index (χ0v) is 19.9. The Kier molecular flexibility index (Phi) is 6.29. The zero-order chi connectivity index (χ0) is 25.3. The highest BCUT2D eigenvalue weighted by molar-refractivity contribution is 7.89. The molecule has 9 nitrogen and oxygen atoms in total. The fourth-order valence-corrected chi connectivity index (χ4v) is 5.63. The molecule has 0 bridgehead atoms. The molecule has 3 aromatic carbocycles. The number of hydrogen-bond donors (Lipinski definition) is 1. The fourth-order valence-electron chi connectivity index (χ4n) is 4.16. The van der Waals surface area contributed by atoms with Crippen LogP contribution in [0.1, 0.15) is 31.8 Å². The van der Waals surface area contributed by atoms with Crippen LogP contribution in [0.3, 0.4) is 0 Å². The van der Waals surface area contributed by atoms with Gasteiger partial charge in [0.25, 0.3) is 5.91 Å². The Morgan fingerprint density at radius 2 is 1.78 bits per heavy atom. The van der Waals surface area contributed by atoms with Gasteiger partial charge in [-0.1, -0.05) is 30.3 Å². The molecule has 0 fully saturated rings. The average Bonchev–Trinajstić information content (AvgIpc) is 2.90. The summed E-state index contributed by atoms with van der Waals surface area (Å²) in [6.07, 6.45) is 0.609. The molecular weight excluding hydrogens is 484 g/mol. The highest BCUT2D eigenvalue weighted by Gasteiger charge is 2.29. The highest BCUT2D eigenvalue weighted by Crippen LogP contribution is 2.29. The number of amides is 1. The Labute approximate surface area is 207 Å². The molecule has 3 aromatic rings. The minimum absolute atomic E-state index is 0.0203. The van der Waals surface area contributed by atoms with Gasteiger partial charge in [0.1, 0.15) is 5.75 Å². The Morgan fingerprint density at radius 3 is 2.61 bits per heavy atom. The largest absolute Gasteiger partial charge is 0.482 e. The third kappa shape index (κ3) is 4.73. The normalized spacial score (nSPS) is 15.2. The van der Waals surface area contributed by atoms with E-state index in [0.717, 1.165) is 11.1 Å². The average molecular weight is 507 g/mol. The van der Waals surface area contributed by atoms with Crippen molar-refractivity contribution in [2.24, 2.45) is 0 Å². The molecule has 0 atom stereocenters. The summed E-state index contributed by atoms with van der Waals surface area (Å²) in [5.41, 5.74) is 2.69. The first-order valence-electron chi connectivity index (χ1n) is 11.3. The summed E-state index contributed by atoms with van der Waals surface area (Å²) < 4.78 is 38.3. The zero-order valence-electron chi connectivity index (χ0n) is 19.1. The van der Waals surface area contributed by atoms with Crippen molar-refractivity contribution in [3.05, 3.63) is 89.0 Å². The van der Waals surface area contributed by atoms with E-state index >= 15 is 0 Å². The van der Waals surface area contributed by atoms with Gasteiger partial charge in [0.05, 0.1) is 16.1 Å². The van der Waals surface area contributed by atoms with E-state index < -0.39 is 28.4 Å². The van der Waals surface area contributed by atoms with Crippen molar-refractivity contribution in [3.63, 3.8) is 0 Å². The number of ketones is 1. The van der Waals surface area contributed by atoms with Crippen molar-refractivity contribution in [2.45, 2.75) is 17.9 Å². The maximum atomic E-state index is 13.2. The molecule has 0 radical (unpaired) electrons. The summed E-state index contributed by atoms with van der Waals surface area (Å²) in [6, 6.07) is 17.8. The van der Waals surface area contributed by atoms with E-state index in [0.29, 0.717) is 24.4 Å². The van der Waals surface area contributed by atoms with Crippen molar-refractivity contribution in [1.82, 2.24) is 4.31 Å². The van der Waals surface area contributed by atoms with E-state index in [1.54, 1.807) is 6.07 Å². The number of benzene rings is 3. The quantitative estimate of drug-likeness (QED) is 0.403. The number of Topliss-reactive ketones (excluding diaryl/α,β-unsaturated/α-hetero) is 1. The second kappa shape index (κ2) is 9.56. The molecule has 0 aliphatic carbocycles. The number of anilines is 1. The molecule has 0 saturated carbocycles. The molecule has 2 aliphatic heterocycles. The van der Waals surface area contributed by atoms with Crippen LogP contribution in [0.25, 0.3) is 0 Å². The summed E-state index contributed by atoms with van der Waals surface area (Å²) in [5, 5.41) is 2.61. The predicted molar refractivity (Wildman–Crippen MR) is 129 cm³/mol. The van der Waals surface area contributed by atoms with E-state index in [1.807, 2.05) is 24.3 Å². The van der Waals surface area contributed by atoms with Crippen molar-refractivity contribution >= 4 is 33.4 Å². The monoisotopic (exact) mass is 506 g/mol. The Bertz CT molecular complexity index is 1480. The lowest BCUT2D eigenvalue weighted by Gasteiger charge is -2.28. The first-order valence-corrected chi connectivity index (χ1v) is 12.7. The van der Waals surface area contributed by atoms with Gasteiger partial charge in [0.15, 0.2) is 19.0 Å². The van der Waals surface area contributed by atoms with Gasteiger partial charge in [0.2, 0.25) is 10.0 Å². The first kappa shape index (κ1) is 23.7. The molecule has 2 heterocycles. The van der Waals surface area contributed by atoms with Crippen LogP contribution in [-0.2, 0) is 32.5 Å². The second-order valence-corrected chi connectivity index (χ2v) is 10.4. The molecule has 0 saturated heterocycles. The van der Waals surface area contributed by atoms with Gasteiger partial charge in [-0.3, -0.25) is 9.59 Å². The minimum Gasteiger partial charge on any atom is -0.482 e. The molecular formula is C26H22N2O7S. The van der Waals surface area contributed by atoms with Gasteiger partial charge in [-0.05, 0) is 53.9 Å². The SMILES string of the molecule is O=C1COc2ccc(C(=O)COC(=O)c3cccc(S(=O)(=O)N4CCc5ccccc5C4)c3)cc2N1. The number of fused-ring (bicyclic) bond motifs is 2. The number of rotatable bonds is 6. The molecule has 1 N–H and O–H groups in total. The smallest absolute Gasteiger partial charge is 0.338 e. The van der Waals surface area contributed by atoms with Crippen molar-refractivity contribution in [3.8, 4) is 5.75 Å². The molecule has 0 spiro atoms. The molecule has 1 amide bonds. The van der Waals surface area contributed by atoms with Crippen molar-refractivity contribution in [1.29, 1.82) is 0 Å². The van der Waals surface area contributed by atoms with Crippen molar-refractivity contribution < 1.29 is 32.3 Å². The molecule has 10 heteroatoms. The number of sulfonamides is 1. The van der Waals surface area contributed by atoms with E-state index in [-0.39, 0.29) is 35.1 Å². The van der Waals surface area contributed by atoms with Crippen LogP contribution in [0.15, 0.2) is 71.6 Å². The summed E-state index contributed by atoms with van der Waals surface area (Å²) in [7, 11) is -3.84. The minimum atomic E-state index is -3.84. The number of ether oxygens (including phenoxy) is 2. The van der Waals surface area contributed by atoms with Crippen LogP contribution in [0.2, 0.25) is 0 Å². The second-order valence-electron chi connectivity index (χ2n) is 8.43. The number of hydrogen-bond acceptors (Lipinski definition) is 7. The van der Waals surface area contributed by atoms with E-state index in [2.05, 4.69) is 5.32 Å². The molecule has 36 heavy (non-hydrogen) atoms. The highest BCUT2D eigenvalue weighted by atomic mass is 32.2. The lowest BCUT2D eigenvalue weighted by Crippen LogP contribution is -2.36. The summed E-state index contributed by atoms with van der Waals surface area (Å²) in [6.45, 7) is -0.0488.